The summed E-state index contributed by atoms with van der Waals surface area (Å²) in [6, 6.07) is 4.07. The van der Waals surface area contributed by atoms with Crippen LogP contribution in [0, 0.1) is 5.82 Å². The normalized spacial score (nSPS) is 11.5. The Kier molecular flexibility index (Phi) is 3.91. The summed E-state index contributed by atoms with van der Waals surface area (Å²) in [6.45, 7) is 1.84. The second-order valence-electron chi connectivity index (χ2n) is 3.78. The predicted octanol–water partition coefficient (Wildman–Crippen LogP) is 2.67. The van der Waals surface area contributed by atoms with Gasteiger partial charge < -0.3 is 4.98 Å². The Labute approximate surface area is 118 Å². The van der Waals surface area contributed by atoms with Crippen LogP contribution < -0.4 is 4.72 Å². The molecule has 1 aromatic heterocycles. The second-order valence-corrected chi connectivity index (χ2v) is 6.34. The highest BCUT2D eigenvalue weighted by Crippen LogP contribution is 2.22. The lowest BCUT2D eigenvalue weighted by atomic mass is 10.3. The van der Waals surface area contributed by atoms with Crippen molar-refractivity contribution in [1.82, 2.24) is 9.97 Å². The molecule has 0 aliphatic heterocycles. The van der Waals surface area contributed by atoms with Gasteiger partial charge in [0.05, 0.1) is 11.9 Å². The lowest BCUT2D eigenvalue weighted by Gasteiger charge is -2.07. The monoisotopic (exact) mass is 347 g/mol. The van der Waals surface area contributed by atoms with Gasteiger partial charge in [0.25, 0.3) is 10.0 Å². The first-order valence-electron chi connectivity index (χ1n) is 5.44. The molecule has 19 heavy (non-hydrogen) atoms. The molecular formula is C11H11BrFN3O2S. The fourth-order valence-corrected chi connectivity index (χ4v) is 2.77. The molecule has 0 unspecified atom stereocenters. The highest BCUT2D eigenvalue weighted by Gasteiger charge is 2.18. The highest BCUT2D eigenvalue weighted by molar-refractivity contribution is 9.10. The number of aryl methyl sites for hydroxylation is 1. The minimum atomic E-state index is -3.86. The molecule has 1 aromatic carbocycles. The van der Waals surface area contributed by atoms with E-state index in [1.807, 2.05) is 6.92 Å². The Hall–Kier alpha value is -1.41. The third-order valence-electron chi connectivity index (χ3n) is 2.40. The van der Waals surface area contributed by atoms with Crippen molar-refractivity contribution >= 4 is 31.6 Å². The molecule has 8 heteroatoms. The number of nitrogens with zero attached hydrogens (tertiary/aromatic N) is 1. The van der Waals surface area contributed by atoms with Crippen LogP contribution in [0.25, 0.3) is 0 Å². The first kappa shape index (κ1) is 14.0. The van der Waals surface area contributed by atoms with Gasteiger partial charge in [-0.25, -0.2) is 9.37 Å². The Morgan fingerprint density at radius 2 is 2.21 bits per heavy atom. The third-order valence-corrected chi connectivity index (χ3v) is 4.17. The minimum absolute atomic E-state index is 0.0910. The van der Waals surface area contributed by atoms with Gasteiger partial charge in [-0.3, -0.25) is 4.72 Å². The van der Waals surface area contributed by atoms with Gasteiger partial charge in [-0.15, -0.1) is 0 Å². The molecule has 0 saturated carbocycles. The van der Waals surface area contributed by atoms with Gasteiger partial charge in [0, 0.05) is 10.9 Å². The molecule has 0 bridgehead atoms. The van der Waals surface area contributed by atoms with Gasteiger partial charge in [-0.1, -0.05) is 22.9 Å². The molecule has 2 rings (SSSR count). The Morgan fingerprint density at radius 1 is 1.47 bits per heavy atom. The largest absolute Gasteiger partial charge is 0.332 e. The predicted molar refractivity (Wildman–Crippen MR) is 72.9 cm³/mol. The number of nitrogens with one attached hydrogen (secondary N) is 2. The molecule has 0 aliphatic carbocycles. The van der Waals surface area contributed by atoms with E-state index in [-0.39, 0.29) is 10.7 Å². The van der Waals surface area contributed by atoms with Crippen LogP contribution in [0.1, 0.15) is 12.7 Å². The smallest absolute Gasteiger partial charge is 0.279 e. The van der Waals surface area contributed by atoms with Crippen LogP contribution in [0.15, 0.2) is 33.9 Å². The zero-order valence-corrected chi connectivity index (χ0v) is 12.3. The van der Waals surface area contributed by atoms with E-state index in [4.69, 9.17) is 0 Å². The number of halogens is 2. The fourth-order valence-electron chi connectivity index (χ4n) is 1.43. The maximum atomic E-state index is 13.6. The number of aromatic nitrogens is 2. The summed E-state index contributed by atoms with van der Waals surface area (Å²) in [5.41, 5.74) is -0.115. The molecule has 102 valence electrons. The topological polar surface area (TPSA) is 74.8 Å². The summed E-state index contributed by atoms with van der Waals surface area (Å²) in [5, 5.41) is -0.0910. The lowest BCUT2D eigenvalue weighted by Crippen LogP contribution is -2.14. The molecule has 0 atom stereocenters. The summed E-state index contributed by atoms with van der Waals surface area (Å²) < 4.78 is 40.3. The zero-order chi connectivity index (χ0) is 14.0. The number of rotatable bonds is 4. The maximum absolute atomic E-state index is 13.6. The number of hydrogen-bond acceptors (Lipinski definition) is 3. The molecule has 0 radical (unpaired) electrons. The van der Waals surface area contributed by atoms with E-state index < -0.39 is 15.8 Å². The van der Waals surface area contributed by atoms with Gasteiger partial charge in [0.1, 0.15) is 11.6 Å². The molecule has 5 nitrogen and oxygen atoms in total. The maximum Gasteiger partial charge on any atom is 0.279 e. The van der Waals surface area contributed by atoms with E-state index in [0.717, 1.165) is 0 Å². The number of H-pyrrole nitrogens is 1. The Bertz CT molecular complexity index is 700. The number of sulfonamides is 1. The van der Waals surface area contributed by atoms with Crippen LogP contribution in [0.3, 0.4) is 0 Å². The van der Waals surface area contributed by atoms with Gasteiger partial charge >= 0.3 is 0 Å². The van der Waals surface area contributed by atoms with Gasteiger partial charge in [0.15, 0.2) is 5.03 Å². The van der Waals surface area contributed by atoms with Gasteiger partial charge in [0.2, 0.25) is 0 Å². The molecule has 2 aromatic rings. The minimum Gasteiger partial charge on any atom is -0.332 e. The molecular weight excluding hydrogens is 337 g/mol. The molecule has 0 fully saturated rings. The summed E-state index contributed by atoms with van der Waals surface area (Å²) in [6.07, 6.45) is 1.79. The Balaban J connectivity index is 2.30. The molecule has 1 heterocycles. The summed E-state index contributed by atoms with van der Waals surface area (Å²) in [5.74, 6) is -0.107. The molecule has 0 spiro atoms. The first-order valence-corrected chi connectivity index (χ1v) is 7.71. The third kappa shape index (κ3) is 3.13. The molecule has 0 saturated heterocycles. The average Bonchev–Trinajstić information content (AvgIpc) is 2.82. The summed E-state index contributed by atoms with van der Waals surface area (Å²) in [4.78, 5) is 6.56. The van der Waals surface area contributed by atoms with Crippen LogP contribution in [0.5, 0.6) is 0 Å². The SMILES string of the molecule is CCc1ncc(S(=O)(=O)Nc2ccc(Br)cc2F)[nH]1. The van der Waals surface area contributed by atoms with Crippen molar-refractivity contribution in [3.8, 4) is 0 Å². The second kappa shape index (κ2) is 5.30. The van der Waals surface area contributed by atoms with Crippen molar-refractivity contribution in [2.45, 2.75) is 18.4 Å². The van der Waals surface area contributed by atoms with Crippen LogP contribution in [0.2, 0.25) is 0 Å². The number of imidazole rings is 1. The van der Waals surface area contributed by atoms with E-state index in [2.05, 4.69) is 30.6 Å². The number of hydrogen-bond donors (Lipinski definition) is 2. The van der Waals surface area contributed by atoms with Crippen LogP contribution >= 0.6 is 15.9 Å². The van der Waals surface area contributed by atoms with Crippen molar-refractivity contribution in [1.29, 1.82) is 0 Å². The molecule has 2 N–H and O–H groups in total. The summed E-state index contributed by atoms with van der Waals surface area (Å²) in [7, 11) is -3.86. The van der Waals surface area contributed by atoms with Crippen LogP contribution in [-0.4, -0.2) is 18.4 Å². The van der Waals surface area contributed by atoms with Crippen molar-refractivity contribution in [2.75, 3.05) is 4.72 Å². The molecule has 0 aliphatic rings. The zero-order valence-electron chi connectivity index (χ0n) is 9.94. The van der Waals surface area contributed by atoms with Crippen molar-refractivity contribution in [3.05, 3.63) is 40.5 Å². The molecule has 0 amide bonds. The van der Waals surface area contributed by atoms with Gasteiger partial charge in [-0.05, 0) is 18.2 Å². The fraction of sp³-hybridized carbons (Fsp3) is 0.182. The van der Waals surface area contributed by atoms with Crippen LogP contribution in [-0.2, 0) is 16.4 Å². The summed E-state index contributed by atoms with van der Waals surface area (Å²) >= 11 is 3.10. The van der Waals surface area contributed by atoms with E-state index in [9.17, 15) is 12.8 Å². The Morgan fingerprint density at radius 3 is 2.79 bits per heavy atom. The van der Waals surface area contributed by atoms with Crippen LogP contribution in [0.4, 0.5) is 10.1 Å². The van der Waals surface area contributed by atoms with Crippen molar-refractivity contribution in [3.63, 3.8) is 0 Å². The standard InChI is InChI=1S/C11H11BrFN3O2S/c1-2-10-14-6-11(15-10)19(17,18)16-9-4-3-7(12)5-8(9)13/h3-6,16H,2H2,1H3,(H,14,15). The van der Waals surface area contributed by atoms with E-state index in [1.165, 1.54) is 18.3 Å². The first-order chi connectivity index (χ1) is 8.92. The quantitative estimate of drug-likeness (QED) is 0.892. The highest BCUT2D eigenvalue weighted by atomic mass is 79.9. The number of benzene rings is 1. The number of aromatic amines is 1. The van der Waals surface area contributed by atoms with E-state index >= 15 is 0 Å². The van der Waals surface area contributed by atoms with Gasteiger partial charge in [-0.2, -0.15) is 8.42 Å². The van der Waals surface area contributed by atoms with E-state index in [0.29, 0.717) is 16.7 Å². The lowest BCUT2D eigenvalue weighted by molar-refractivity contribution is 0.595. The van der Waals surface area contributed by atoms with Crippen molar-refractivity contribution in [2.24, 2.45) is 0 Å². The van der Waals surface area contributed by atoms with Crippen molar-refractivity contribution < 1.29 is 12.8 Å². The average molecular weight is 348 g/mol. The van der Waals surface area contributed by atoms with E-state index in [1.54, 1.807) is 6.07 Å². The number of anilines is 1.